The summed E-state index contributed by atoms with van der Waals surface area (Å²) in [5, 5.41) is 9.14. The number of carbonyl (C=O) groups is 2. The van der Waals surface area contributed by atoms with Crippen molar-refractivity contribution in [3.8, 4) is 0 Å². The van der Waals surface area contributed by atoms with Crippen LogP contribution in [-0.4, -0.2) is 41.0 Å². The molecule has 1 atom stereocenters. The smallest absolute Gasteiger partial charge is 0.326 e. The monoisotopic (exact) mass is 242 g/mol. The topological polar surface area (TPSA) is 83.6 Å². The number of hydrogen-bond acceptors (Lipinski definition) is 3. The zero-order valence-electron chi connectivity index (χ0n) is 10.2. The highest BCUT2D eigenvalue weighted by molar-refractivity contribution is 5.83. The SMILES string of the molecule is NCCCCC(=O)N1CCCCCC1C(=O)O. The summed E-state index contributed by atoms with van der Waals surface area (Å²) in [4.78, 5) is 24.6. The maximum atomic E-state index is 12.0. The maximum Gasteiger partial charge on any atom is 0.326 e. The van der Waals surface area contributed by atoms with Gasteiger partial charge in [-0.15, -0.1) is 0 Å². The van der Waals surface area contributed by atoms with E-state index in [1.54, 1.807) is 4.90 Å². The van der Waals surface area contributed by atoms with Gasteiger partial charge in [0.15, 0.2) is 0 Å². The summed E-state index contributed by atoms with van der Waals surface area (Å²) in [6.07, 6.45) is 5.38. The molecule has 3 N–H and O–H groups in total. The van der Waals surface area contributed by atoms with Gasteiger partial charge in [-0.2, -0.15) is 0 Å². The van der Waals surface area contributed by atoms with Crippen LogP contribution in [0.4, 0.5) is 0 Å². The van der Waals surface area contributed by atoms with E-state index in [-0.39, 0.29) is 5.91 Å². The lowest BCUT2D eigenvalue weighted by Crippen LogP contribution is -2.44. The zero-order valence-corrected chi connectivity index (χ0v) is 10.2. The molecule has 1 amide bonds. The van der Waals surface area contributed by atoms with Crippen LogP contribution in [-0.2, 0) is 9.59 Å². The molecule has 0 aliphatic carbocycles. The lowest BCUT2D eigenvalue weighted by atomic mass is 10.1. The van der Waals surface area contributed by atoms with E-state index < -0.39 is 12.0 Å². The number of nitrogens with zero attached hydrogens (tertiary/aromatic N) is 1. The highest BCUT2D eigenvalue weighted by Crippen LogP contribution is 2.18. The predicted molar refractivity (Wildman–Crippen MR) is 64.5 cm³/mol. The molecule has 0 saturated carbocycles. The molecule has 1 unspecified atom stereocenters. The van der Waals surface area contributed by atoms with Crippen molar-refractivity contribution in [1.82, 2.24) is 4.90 Å². The highest BCUT2D eigenvalue weighted by atomic mass is 16.4. The molecule has 1 aliphatic rings. The van der Waals surface area contributed by atoms with Crippen molar-refractivity contribution in [3.05, 3.63) is 0 Å². The van der Waals surface area contributed by atoms with E-state index in [0.717, 1.165) is 32.1 Å². The number of carboxylic acid groups (broad SMARTS) is 1. The first kappa shape index (κ1) is 14.0. The Bertz CT molecular complexity index is 268. The van der Waals surface area contributed by atoms with E-state index in [1.165, 1.54) is 0 Å². The molecule has 1 fully saturated rings. The summed E-state index contributed by atoms with van der Waals surface area (Å²) in [7, 11) is 0. The van der Waals surface area contributed by atoms with Crippen molar-refractivity contribution in [1.29, 1.82) is 0 Å². The van der Waals surface area contributed by atoms with Crippen molar-refractivity contribution in [2.45, 2.75) is 51.0 Å². The fourth-order valence-corrected chi connectivity index (χ4v) is 2.23. The molecule has 1 aliphatic heterocycles. The van der Waals surface area contributed by atoms with Crippen molar-refractivity contribution < 1.29 is 14.7 Å². The molecule has 0 aromatic rings. The van der Waals surface area contributed by atoms with Crippen LogP contribution < -0.4 is 5.73 Å². The molecule has 0 spiro atoms. The van der Waals surface area contributed by atoms with Gasteiger partial charge in [0, 0.05) is 13.0 Å². The number of unbranched alkanes of at least 4 members (excludes halogenated alkanes) is 1. The molecule has 1 heterocycles. The van der Waals surface area contributed by atoms with Crippen LogP contribution in [0.15, 0.2) is 0 Å². The second-order valence-electron chi connectivity index (χ2n) is 4.54. The van der Waals surface area contributed by atoms with Gasteiger partial charge in [0.2, 0.25) is 5.91 Å². The average molecular weight is 242 g/mol. The minimum Gasteiger partial charge on any atom is -0.480 e. The second kappa shape index (κ2) is 7.27. The van der Waals surface area contributed by atoms with Crippen molar-refractivity contribution in [2.75, 3.05) is 13.1 Å². The molecule has 5 nitrogen and oxygen atoms in total. The third kappa shape index (κ3) is 4.34. The molecule has 0 bridgehead atoms. The minimum absolute atomic E-state index is 0.0345. The van der Waals surface area contributed by atoms with E-state index in [2.05, 4.69) is 0 Å². The minimum atomic E-state index is -0.876. The van der Waals surface area contributed by atoms with E-state index in [0.29, 0.717) is 25.9 Å². The lowest BCUT2D eigenvalue weighted by Gasteiger charge is -2.27. The Morgan fingerprint density at radius 3 is 2.65 bits per heavy atom. The Labute approximate surface area is 102 Å². The largest absolute Gasteiger partial charge is 0.480 e. The van der Waals surface area contributed by atoms with Crippen LogP contribution in [0.2, 0.25) is 0 Å². The van der Waals surface area contributed by atoms with Gasteiger partial charge >= 0.3 is 5.97 Å². The van der Waals surface area contributed by atoms with E-state index in [9.17, 15) is 9.59 Å². The number of nitrogens with two attached hydrogens (primary N) is 1. The van der Waals surface area contributed by atoms with Gasteiger partial charge in [0.05, 0.1) is 0 Å². The van der Waals surface area contributed by atoms with E-state index in [1.807, 2.05) is 0 Å². The average Bonchev–Trinajstić information content (AvgIpc) is 2.54. The Morgan fingerprint density at radius 2 is 2.00 bits per heavy atom. The molecule has 98 valence electrons. The predicted octanol–water partition coefficient (Wildman–Crippen LogP) is 0.971. The van der Waals surface area contributed by atoms with E-state index >= 15 is 0 Å². The maximum absolute atomic E-state index is 12.0. The highest BCUT2D eigenvalue weighted by Gasteiger charge is 2.29. The molecule has 0 aromatic heterocycles. The lowest BCUT2D eigenvalue weighted by molar-refractivity contribution is -0.150. The van der Waals surface area contributed by atoms with Crippen LogP contribution in [0.1, 0.15) is 44.9 Å². The van der Waals surface area contributed by atoms with E-state index in [4.69, 9.17) is 10.8 Å². The Kier molecular flexibility index (Phi) is 5.97. The first-order valence-corrected chi connectivity index (χ1v) is 6.39. The molecule has 0 aromatic carbocycles. The Balaban J connectivity index is 2.55. The molecular formula is C12H22N2O3. The summed E-state index contributed by atoms with van der Waals surface area (Å²) in [6, 6.07) is -0.622. The Hall–Kier alpha value is -1.10. The third-order valence-corrected chi connectivity index (χ3v) is 3.20. The van der Waals surface area contributed by atoms with Crippen LogP contribution >= 0.6 is 0 Å². The number of rotatable bonds is 5. The van der Waals surface area contributed by atoms with Gasteiger partial charge in [-0.1, -0.05) is 12.8 Å². The molecular weight excluding hydrogens is 220 g/mol. The number of carbonyl (C=O) groups excluding carboxylic acids is 1. The Morgan fingerprint density at radius 1 is 1.24 bits per heavy atom. The molecule has 1 rings (SSSR count). The van der Waals surface area contributed by atoms with Gasteiger partial charge in [0.1, 0.15) is 6.04 Å². The number of hydrogen-bond donors (Lipinski definition) is 2. The number of aliphatic carboxylic acids is 1. The van der Waals surface area contributed by atoms with Crippen LogP contribution in [0, 0.1) is 0 Å². The zero-order chi connectivity index (χ0) is 12.7. The molecule has 1 saturated heterocycles. The normalized spacial score (nSPS) is 21.0. The van der Waals surface area contributed by atoms with Crippen LogP contribution in [0.5, 0.6) is 0 Å². The number of carboxylic acids is 1. The third-order valence-electron chi connectivity index (χ3n) is 3.20. The molecule has 17 heavy (non-hydrogen) atoms. The first-order valence-electron chi connectivity index (χ1n) is 6.39. The van der Waals surface area contributed by atoms with Crippen molar-refractivity contribution in [3.63, 3.8) is 0 Å². The summed E-state index contributed by atoms with van der Waals surface area (Å²) in [5.41, 5.74) is 5.37. The fourth-order valence-electron chi connectivity index (χ4n) is 2.23. The van der Waals surface area contributed by atoms with Crippen LogP contribution in [0.3, 0.4) is 0 Å². The fraction of sp³-hybridized carbons (Fsp3) is 0.833. The number of likely N-dealkylation sites (tertiary alicyclic amines) is 1. The quantitative estimate of drug-likeness (QED) is 0.704. The van der Waals surface area contributed by atoms with Crippen molar-refractivity contribution >= 4 is 11.9 Å². The van der Waals surface area contributed by atoms with Crippen molar-refractivity contribution in [2.24, 2.45) is 5.73 Å². The van der Waals surface area contributed by atoms with Crippen LogP contribution in [0.25, 0.3) is 0 Å². The number of amides is 1. The standard InChI is InChI=1S/C12H22N2O3/c13-8-4-3-7-11(15)14-9-5-1-2-6-10(14)12(16)17/h10H,1-9,13H2,(H,16,17). The van der Waals surface area contributed by atoms with Gasteiger partial charge in [0.25, 0.3) is 0 Å². The summed E-state index contributed by atoms with van der Waals surface area (Å²) in [5.74, 6) is -0.910. The van der Waals surface area contributed by atoms with Gasteiger partial charge in [-0.3, -0.25) is 4.79 Å². The summed E-state index contributed by atoms with van der Waals surface area (Å²) in [6.45, 7) is 1.16. The van der Waals surface area contributed by atoms with Gasteiger partial charge in [-0.05, 0) is 32.2 Å². The summed E-state index contributed by atoms with van der Waals surface area (Å²) >= 11 is 0. The molecule has 5 heteroatoms. The first-order chi connectivity index (χ1) is 8.16. The summed E-state index contributed by atoms with van der Waals surface area (Å²) < 4.78 is 0. The van der Waals surface area contributed by atoms with Gasteiger partial charge in [-0.25, -0.2) is 4.79 Å². The second-order valence-corrected chi connectivity index (χ2v) is 4.54. The molecule has 0 radical (unpaired) electrons. The van der Waals surface area contributed by atoms with Gasteiger partial charge < -0.3 is 15.7 Å².